The van der Waals surface area contributed by atoms with Crippen LogP contribution in [0.2, 0.25) is 0 Å². The fourth-order valence-corrected chi connectivity index (χ4v) is 3.74. The molecule has 6 nitrogen and oxygen atoms in total. The van der Waals surface area contributed by atoms with Crippen LogP contribution >= 0.6 is 0 Å². The van der Waals surface area contributed by atoms with Crippen LogP contribution in [-0.2, 0) is 6.18 Å². The number of rotatable bonds is 3. The highest BCUT2D eigenvalue weighted by Crippen LogP contribution is 2.33. The molecule has 0 aliphatic carbocycles. The summed E-state index contributed by atoms with van der Waals surface area (Å²) in [6.45, 7) is 2.51. The number of hydrogen-bond donors (Lipinski definition) is 0. The summed E-state index contributed by atoms with van der Waals surface area (Å²) in [6, 6.07) is 8.87. The lowest BCUT2D eigenvalue weighted by molar-refractivity contribution is -0.142. The third kappa shape index (κ3) is 3.71. The van der Waals surface area contributed by atoms with Crippen LogP contribution in [0.5, 0.6) is 5.75 Å². The zero-order valence-corrected chi connectivity index (χ0v) is 16.6. The lowest BCUT2D eigenvalue weighted by Gasteiger charge is -2.32. The zero-order valence-electron chi connectivity index (χ0n) is 16.6. The van der Waals surface area contributed by atoms with Crippen molar-refractivity contribution in [3.8, 4) is 17.0 Å². The molecule has 0 spiro atoms. The Balaban J connectivity index is 1.80. The molecule has 30 heavy (non-hydrogen) atoms. The van der Waals surface area contributed by atoms with Crippen molar-refractivity contribution in [1.82, 2.24) is 19.5 Å². The number of hydrogen-bond acceptors (Lipinski definition) is 4. The number of fused-ring (bicyclic) bond motifs is 1. The number of aromatic nitrogens is 3. The van der Waals surface area contributed by atoms with Crippen LogP contribution in [-0.4, -0.2) is 45.1 Å². The molecule has 0 bridgehead atoms. The van der Waals surface area contributed by atoms with E-state index in [1.54, 1.807) is 29.2 Å². The normalized spacial score (nSPS) is 17.4. The minimum Gasteiger partial charge on any atom is -0.497 e. The van der Waals surface area contributed by atoms with Gasteiger partial charge in [-0.05, 0) is 56.5 Å². The van der Waals surface area contributed by atoms with E-state index in [9.17, 15) is 18.0 Å². The van der Waals surface area contributed by atoms with Gasteiger partial charge in [0.25, 0.3) is 5.91 Å². The number of piperidine rings is 1. The zero-order chi connectivity index (χ0) is 21.5. The summed E-state index contributed by atoms with van der Waals surface area (Å²) in [5.41, 5.74) is -0.397. The molecule has 2 aromatic heterocycles. The molecule has 0 N–H and O–H groups in total. The molecule has 0 unspecified atom stereocenters. The average Bonchev–Trinajstić information content (AvgIpc) is 3.16. The quantitative estimate of drug-likeness (QED) is 0.631. The van der Waals surface area contributed by atoms with Gasteiger partial charge in [0.15, 0.2) is 17.0 Å². The number of halogens is 3. The SMILES string of the molecule is COc1ccc(-c2cc(C(F)(F)F)n3nc(C(=O)N4CCCC[C@H]4C)cc3n2)cc1. The maximum atomic E-state index is 13.8. The second-order valence-corrected chi connectivity index (χ2v) is 7.40. The first kappa shape index (κ1) is 20.2. The van der Waals surface area contributed by atoms with Gasteiger partial charge in [0.05, 0.1) is 12.8 Å². The largest absolute Gasteiger partial charge is 0.497 e. The Morgan fingerprint density at radius 3 is 2.53 bits per heavy atom. The third-order valence-electron chi connectivity index (χ3n) is 5.39. The number of alkyl halides is 3. The molecular formula is C21H21F3N4O2. The van der Waals surface area contributed by atoms with Crippen LogP contribution in [0.1, 0.15) is 42.4 Å². The molecule has 1 amide bonds. The monoisotopic (exact) mass is 418 g/mol. The van der Waals surface area contributed by atoms with Crippen LogP contribution in [0.3, 0.4) is 0 Å². The predicted molar refractivity (Wildman–Crippen MR) is 104 cm³/mol. The Morgan fingerprint density at radius 2 is 1.90 bits per heavy atom. The van der Waals surface area contributed by atoms with E-state index in [0.717, 1.165) is 25.3 Å². The van der Waals surface area contributed by atoms with Crippen molar-refractivity contribution in [3.63, 3.8) is 0 Å². The smallest absolute Gasteiger partial charge is 0.433 e. The molecule has 3 heterocycles. The fraction of sp³-hybridized carbons (Fsp3) is 0.381. The maximum Gasteiger partial charge on any atom is 0.433 e. The minimum atomic E-state index is -4.66. The second-order valence-electron chi connectivity index (χ2n) is 7.40. The van der Waals surface area contributed by atoms with E-state index in [1.807, 2.05) is 6.92 Å². The van der Waals surface area contributed by atoms with Gasteiger partial charge in [-0.2, -0.15) is 18.3 Å². The first-order chi connectivity index (χ1) is 14.3. The number of methoxy groups -OCH3 is 1. The van der Waals surface area contributed by atoms with Crippen molar-refractivity contribution in [1.29, 1.82) is 0 Å². The van der Waals surface area contributed by atoms with E-state index in [-0.39, 0.29) is 29.0 Å². The van der Waals surface area contributed by atoms with Gasteiger partial charge in [0, 0.05) is 24.2 Å². The standard InChI is InChI=1S/C21H21F3N4O2/c1-13-5-3-4-10-27(13)20(29)17-12-19-25-16(14-6-8-15(30-2)9-7-14)11-18(21(22,23)24)28(19)26-17/h6-9,11-13H,3-5,10H2,1-2H3/t13-/m1/s1. The molecule has 1 aliphatic rings. The maximum absolute atomic E-state index is 13.8. The van der Waals surface area contributed by atoms with E-state index >= 15 is 0 Å². The topological polar surface area (TPSA) is 59.7 Å². The van der Waals surface area contributed by atoms with Crippen molar-refractivity contribution in [3.05, 3.63) is 47.8 Å². The van der Waals surface area contributed by atoms with Gasteiger partial charge >= 0.3 is 6.18 Å². The number of likely N-dealkylation sites (tertiary alicyclic amines) is 1. The van der Waals surface area contributed by atoms with Crippen LogP contribution < -0.4 is 4.74 Å². The Hall–Kier alpha value is -3.10. The van der Waals surface area contributed by atoms with Crippen molar-refractivity contribution < 1.29 is 22.7 Å². The molecular weight excluding hydrogens is 397 g/mol. The number of ether oxygens (including phenoxy) is 1. The molecule has 1 fully saturated rings. The van der Waals surface area contributed by atoms with Crippen molar-refractivity contribution in [2.24, 2.45) is 0 Å². The highest BCUT2D eigenvalue weighted by atomic mass is 19.4. The molecule has 1 aliphatic heterocycles. The van der Waals surface area contributed by atoms with Crippen LogP contribution in [0.25, 0.3) is 16.9 Å². The number of carbonyl (C=O) groups is 1. The number of carbonyl (C=O) groups excluding carboxylic acids is 1. The van der Waals surface area contributed by atoms with Gasteiger partial charge in [0.2, 0.25) is 0 Å². The van der Waals surface area contributed by atoms with Gasteiger partial charge in [-0.25, -0.2) is 9.50 Å². The molecule has 1 aromatic carbocycles. The summed E-state index contributed by atoms with van der Waals surface area (Å²) in [5, 5.41) is 3.97. The van der Waals surface area contributed by atoms with E-state index < -0.39 is 11.9 Å². The first-order valence-electron chi connectivity index (χ1n) is 9.71. The van der Waals surface area contributed by atoms with Crippen molar-refractivity contribution >= 4 is 11.6 Å². The Morgan fingerprint density at radius 1 is 1.17 bits per heavy atom. The van der Waals surface area contributed by atoms with Crippen LogP contribution in [0, 0.1) is 0 Å². The summed E-state index contributed by atoms with van der Waals surface area (Å²) < 4.78 is 47.1. The molecule has 0 saturated carbocycles. The molecule has 4 rings (SSSR count). The summed E-state index contributed by atoms with van der Waals surface area (Å²) in [7, 11) is 1.51. The Labute approximate surface area is 171 Å². The van der Waals surface area contributed by atoms with E-state index in [4.69, 9.17) is 4.74 Å². The van der Waals surface area contributed by atoms with E-state index in [2.05, 4.69) is 10.1 Å². The molecule has 1 atom stereocenters. The first-order valence-corrected chi connectivity index (χ1v) is 9.71. The Bertz CT molecular complexity index is 1080. The number of benzene rings is 1. The predicted octanol–water partition coefficient (Wildman–Crippen LogP) is 4.44. The minimum absolute atomic E-state index is 0.0244. The fourth-order valence-electron chi connectivity index (χ4n) is 3.74. The number of amides is 1. The highest BCUT2D eigenvalue weighted by molar-refractivity contribution is 5.93. The van der Waals surface area contributed by atoms with Gasteiger partial charge in [-0.3, -0.25) is 4.79 Å². The lowest BCUT2D eigenvalue weighted by Crippen LogP contribution is -2.42. The molecule has 1 saturated heterocycles. The average molecular weight is 418 g/mol. The van der Waals surface area contributed by atoms with Crippen LogP contribution in [0.4, 0.5) is 13.2 Å². The Kier molecular flexibility index (Phi) is 5.13. The van der Waals surface area contributed by atoms with Gasteiger partial charge in [0.1, 0.15) is 5.75 Å². The number of nitrogens with zero attached hydrogens (tertiary/aromatic N) is 4. The molecule has 158 valence electrons. The molecule has 9 heteroatoms. The molecule has 3 aromatic rings. The van der Waals surface area contributed by atoms with Gasteiger partial charge in [-0.15, -0.1) is 0 Å². The van der Waals surface area contributed by atoms with E-state index in [0.29, 0.717) is 22.4 Å². The summed E-state index contributed by atoms with van der Waals surface area (Å²) in [4.78, 5) is 18.9. The van der Waals surface area contributed by atoms with Gasteiger partial charge in [-0.1, -0.05) is 0 Å². The van der Waals surface area contributed by atoms with Gasteiger partial charge < -0.3 is 9.64 Å². The van der Waals surface area contributed by atoms with Crippen molar-refractivity contribution in [2.45, 2.75) is 38.4 Å². The second kappa shape index (κ2) is 7.62. The summed E-state index contributed by atoms with van der Waals surface area (Å²) in [5.74, 6) is 0.218. The molecule has 0 radical (unpaired) electrons. The van der Waals surface area contributed by atoms with Crippen molar-refractivity contribution in [2.75, 3.05) is 13.7 Å². The van der Waals surface area contributed by atoms with E-state index in [1.165, 1.54) is 13.2 Å². The highest BCUT2D eigenvalue weighted by Gasteiger charge is 2.36. The summed E-state index contributed by atoms with van der Waals surface area (Å²) in [6.07, 6.45) is -1.89. The van der Waals surface area contributed by atoms with Crippen LogP contribution in [0.15, 0.2) is 36.4 Å². The lowest BCUT2D eigenvalue weighted by atomic mass is 10.0. The summed E-state index contributed by atoms with van der Waals surface area (Å²) >= 11 is 0. The third-order valence-corrected chi connectivity index (χ3v) is 5.39.